The fraction of sp³-hybridized carbons (Fsp3) is 0.727. The summed E-state index contributed by atoms with van der Waals surface area (Å²) in [5, 5.41) is 0.305. The second kappa shape index (κ2) is 5.35. The number of hydrogen-bond acceptors (Lipinski definition) is 6. The highest BCUT2D eigenvalue weighted by Crippen LogP contribution is 2.32. The highest BCUT2D eigenvalue weighted by Gasteiger charge is 2.37. The maximum Gasteiger partial charge on any atom is 0.254 e. The van der Waals surface area contributed by atoms with Crippen LogP contribution in [0.15, 0.2) is 4.21 Å². The third-order valence-corrected chi connectivity index (χ3v) is 6.74. The van der Waals surface area contributed by atoms with Gasteiger partial charge in [0.1, 0.15) is 0 Å². The van der Waals surface area contributed by atoms with Crippen molar-refractivity contribution in [1.29, 1.82) is 0 Å². The van der Waals surface area contributed by atoms with Crippen molar-refractivity contribution in [2.24, 2.45) is 0 Å². The summed E-state index contributed by atoms with van der Waals surface area (Å²) in [5.41, 5.74) is 6.10. The van der Waals surface area contributed by atoms with E-state index in [0.717, 1.165) is 30.7 Å². The predicted octanol–water partition coefficient (Wildman–Crippen LogP) is 0.748. The summed E-state index contributed by atoms with van der Waals surface area (Å²) in [5.74, 6) is 0. The van der Waals surface area contributed by atoms with Crippen LogP contribution in [-0.4, -0.2) is 55.8 Å². The van der Waals surface area contributed by atoms with Crippen molar-refractivity contribution in [1.82, 2.24) is 14.2 Å². The smallest absolute Gasteiger partial charge is 0.254 e. The molecule has 1 aromatic rings. The standard InChI is InChI=1S/C11H20N4O2S2/c1-8-10(18-11(12)13-8)19(16,17)15-6-4-5-9(15)7-14(2)3/h9H,4-7H2,1-3H3,(H2,12,13). The Labute approximate surface area is 118 Å². The molecule has 0 saturated carbocycles. The molecular formula is C11H20N4O2S2. The first-order valence-corrected chi connectivity index (χ1v) is 8.47. The molecule has 1 aliphatic heterocycles. The Morgan fingerprint density at radius 2 is 2.21 bits per heavy atom. The molecule has 8 heteroatoms. The van der Waals surface area contributed by atoms with Gasteiger partial charge in [-0.15, -0.1) is 0 Å². The van der Waals surface area contributed by atoms with Gasteiger partial charge in [0.2, 0.25) is 0 Å². The Morgan fingerprint density at radius 1 is 1.53 bits per heavy atom. The van der Waals surface area contributed by atoms with Gasteiger partial charge in [0.25, 0.3) is 10.0 Å². The number of nitrogen functional groups attached to an aromatic ring is 1. The summed E-state index contributed by atoms with van der Waals surface area (Å²) in [4.78, 5) is 6.04. The van der Waals surface area contributed by atoms with Crippen LogP contribution in [0.2, 0.25) is 0 Å². The van der Waals surface area contributed by atoms with E-state index in [1.165, 1.54) is 0 Å². The first-order valence-electron chi connectivity index (χ1n) is 6.22. The van der Waals surface area contributed by atoms with Gasteiger partial charge in [-0.25, -0.2) is 13.4 Å². The van der Waals surface area contributed by atoms with Gasteiger partial charge in [0.05, 0.1) is 5.69 Å². The molecule has 1 saturated heterocycles. The average Bonchev–Trinajstić information content (AvgIpc) is 2.84. The molecule has 0 spiro atoms. The minimum absolute atomic E-state index is 0.0442. The molecular weight excluding hydrogens is 284 g/mol. The molecule has 19 heavy (non-hydrogen) atoms. The number of sulfonamides is 1. The van der Waals surface area contributed by atoms with Crippen molar-refractivity contribution < 1.29 is 8.42 Å². The van der Waals surface area contributed by atoms with E-state index >= 15 is 0 Å². The largest absolute Gasteiger partial charge is 0.375 e. The fourth-order valence-electron chi connectivity index (χ4n) is 2.48. The van der Waals surface area contributed by atoms with E-state index in [9.17, 15) is 8.42 Å². The predicted molar refractivity (Wildman–Crippen MR) is 76.7 cm³/mol. The Hall–Kier alpha value is -0.700. The van der Waals surface area contributed by atoms with Gasteiger partial charge in [0.15, 0.2) is 9.34 Å². The van der Waals surface area contributed by atoms with E-state index in [2.05, 4.69) is 4.98 Å². The summed E-state index contributed by atoms with van der Waals surface area (Å²) >= 11 is 1.05. The summed E-state index contributed by atoms with van der Waals surface area (Å²) < 4.78 is 27.3. The minimum Gasteiger partial charge on any atom is -0.375 e. The van der Waals surface area contributed by atoms with E-state index in [1.54, 1.807) is 11.2 Å². The number of thiazole rings is 1. The van der Waals surface area contributed by atoms with Gasteiger partial charge in [-0.1, -0.05) is 11.3 Å². The van der Waals surface area contributed by atoms with Gasteiger partial charge in [-0.3, -0.25) is 0 Å². The van der Waals surface area contributed by atoms with E-state index < -0.39 is 10.0 Å². The van der Waals surface area contributed by atoms with Crippen molar-refractivity contribution in [2.45, 2.75) is 30.0 Å². The Balaban J connectivity index is 2.31. The molecule has 0 aromatic carbocycles. The van der Waals surface area contributed by atoms with Gasteiger partial charge >= 0.3 is 0 Å². The molecule has 2 heterocycles. The number of rotatable bonds is 4. The zero-order valence-electron chi connectivity index (χ0n) is 11.5. The number of aromatic nitrogens is 1. The third kappa shape index (κ3) is 2.91. The molecule has 0 bridgehead atoms. The number of nitrogens with zero attached hydrogens (tertiary/aromatic N) is 3. The topological polar surface area (TPSA) is 79.5 Å². The molecule has 1 aromatic heterocycles. The van der Waals surface area contributed by atoms with Crippen LogP contribution in [0, 0.1) is 6.92 Å². The highest BCUT2D eigenvalue weighted by atomic mass is 32.2. The molecule has 108 valence electrons. The summed E-state index contributed by atoms with van der Waals surface area (Å²) in [6.45, 7) is 3.02. The Morgan fingerprint density at radius 3 is 2.74 bits per heavy atom. The molecule has 0 radical (unpaired) electrons. The molecule has 1 fully saturated rings. The Kier molecular flexibility index (Phi) is 4.14. The van der Waals surface area contributed by atoms with E-state index in [0.29, 0.717) is 17.4 Å². The van der Waals surface area contributed by atoms with Gasteiger partial charge in [0, 0.05) is 19.1 Å². The molecule has 2 N–H and O–H groups in total. The van der Waals surface area contributed by atoms with Crippen molar-refractivity contribution in [3.8, 4) is 0 Å². The number of likely N-dealkylation sites (N-methyl/N-ethyl adjacent to an activating group) is 1. The maximum atomic E-state index is 12.7. The van der Waals surface area contributed by atoms with E-state index in [-0.39, 0.29) is 10.3 Å². The highest BCUT2D eigenvalue weighted by molar-refractivity contribution is 7.91. The lowest BCUT2D eigenvalue weighted by molar-refractivity contribution is 0.291. The zero-order chi connectivity index (χ0) is 14.2. The number of aryl methyl sites for hydroxylation is 1. The molecule has 1 aliphatic rings. The van der Waals surface area contributed by atoms with Crippen molar-refractivity contribution in [3.63, 3.8) is 0 Å². The quantitative estimate of drug-likeness (QED) is 0.888. The van der Waals surface area contributed by atoms with Gasteiger partial charge in [-0.05, 0) is 33.9 Å². The van der Waals surface area contributed by atoms with Gasteiger partial charge in [-0.2, -0.15) is 4.31 Å². The van der Waals surface area contributed by atoms with Crippen LogP contribution >= 0.6 is 11.3 Å². The minimum atomic E-state index is -3.46. The third-order valence-electron chi connectivity index (χ3n) is 3.21. The summed E-state index contributed by atoms with van der Waals surface area (Å²) in [6.07, 6.45) is 1.82. The maximum absolute atomic E-state index is 12.7. The van der Waals surface area contributed by atoms with Crippen molar-refractivity contribution in [3.05, 3.63) is 5.69 Å². The lowest BCUT2D eigenvalue weighted by Crippen LogP contribution is -2.41. The number of anilines is 1. The second-order valence-electron chi connectivity index (χ2n) is 5.10. The van der Waals surface area contributed by atoms with Crippen LogP contribution in [0.25, 0.3) is 0 Å². The monoisotopic (exact) mass is 304 g/mol. The lowest BCUT2D eigenvalue weighted by Gasteiger charge is -2.25. The summed E-state index contributed by atoms with van der Waals surface area (Å²) in [7, 11) is 0.454. The number of nitrogens with two attached hydrogens (primary N) is 1. The van der Waals surface area contributed by atoms with E-state index in [1.807, 2.05) is 19.0 Å². The van der Waals surface area contributed by atoms with Gasteiger partial charge < -0.3 is 10.6 Å². The van der Waals surface area contributed by atoms with Crippen LogP contribution < -0.4 is 5.73 Å². The zero-order valence-corrected chi connectivity index (χ0v) is 13.1. The first-order chi connectivity index (χ1) is 8.82. The first kappa shape index (κ1) is 14.7. The SMILES string of the molecule is Cc1nc(N)sc1S(=O)(=O)N1CCCC1CN(C)C. The van der Waals surface area contributed by atoms with Crippen LogP contribution in [0.4, 0.5) is 5.13 Å². The van der Waals surface area contributed by atoms with Crippen LogP contribution in [0.1, 0.15) is 18.5 Å². The summed E-state index contributed by atoms with van der Waals surface area (Å²) in [6, 6.07) is 0.0442. The average molecular weight is 304 g/mol. The normalized spacial score (nSPS) is 21.4. The molecule has 1 unspecified atom stereocenters. The van der Waals surface area contributed by atoms with Crippen LogP contribution in [0.5, 0.6) is 0 Å². The number of hydrogen-bond donors (Lipinski definition) is 1. The molecule has 0 amide bonds. The molecule has 0 aliphatic carbocycles. The van der Waals surface area contributed by atoms with Crippen molar-refractivity contribution in [2.75, 3.05) is 32.9 Å². The molecule has 6 nitrogen and oxygen atoms in total. The van der Waals surface area contributed by atoms with Crippen LogP contribution in [-0.2, 0) is 10.0 Å². The van der Waals surface area contributed by atoms with Crippen molar-refractivity contribution >= 4 is 26.5 Å². The van der Waals surface area contributed by atoms with E-state index in [4.69, 9.17) is 5.73 Å². The van der Waals surface area contributed by atoms with Crippen LogP contribution in [0.3, 0.4) is 0 Å². The lowest BCUT2D eigenvalue weighted by atomic mass is 10.2. The molecule has 2 rings (SSSR count). The molecule has 1 atom stereocenters. The fourth-order valence-corrected chi connectivity index (χ4v) is 5.57. The Bertz CT molecular complexity index is 553. The second-order valence-corrected chi connectivity index (χ2v) is 8.22.